The molecule has 1 fully saturated rings. The number of fused-ring (bicyclic) bond motifs is 1. The second-order valence-electron chi connectivity index (χ2n) is 4.57. The van der Waals surface area contributed by atoms with E-state index in [1.807, 2.05) is 23.0 Å². The fourth-order valence-electron chi connectivity index (χ4n) is 2.21. The molecule has 1 aliphatic rings. The normalized spacial score (nSPS) is 19.1. The van der Waals surface area contributed by atoms with Crippen molar-refractivity contribution in [1.82, 2.24) is 14.4 Å². The molecule has 1 N–H and O–H groups in total. The summed E-state index contributed by atoms with van der Waals surface area (Å²) in [5.74, 6) is 1.84. The molecule has 102 valence electrons. The molecular weight excluding hydrogens is 260 g/mol. The fourth-order valence-corrected chi connectivity index (χ4v) is 3.27. The first-order chi connectivity index (χ1) is 9.36. The molecule has 1 atom stereocenters. The van der Waals surface area contributed by atoms with Crippen LogP contribution in [-0.2, 0) is 4.74 Å². The maximum atomic E-state index is 5.65. The number of ether oxygens (including phenoxy) is 1. The molecule has 0 bridgehead atoms. The van der Waals surface area contributed by atoms with Gasteiger partial charge in [-0.05, 0) is 19.8 Å². The Hall–Kier alpha value is -1.27. The predicted octanol–water partition coefficient (Wildman–Crippen LogP) is 2.43. The Labute approximate surface area is 116 Å². The number of imidazole rings is 1. The molecule has 1 unspecified atom stereocenters. The maximum absolute atomic E-state index is 5.65. The predicted molar refractivity (Wildman–Crippen MR) is 76.8 cm³/mol. The van der Waals surface area contributed by atoms with Crippen LogP contribution in [0.4, 0.5) is 5.82 Å². The van der Waals surface area contributed by atoms with Crippen LogP contribution in [0.2, 0.25) is 0 Å². The van der Waals surface area contributed by atoms with Crippen molar-refractivity contribution in [1.29, 1.82) is 0 Å². The van der Waals surface area contributed by atoms with Gasteiger partial charge in [0.15, 0.2) is 5.65 Å². The summed E-state index contributed by atoms with van der Waals surface area (Å²) in [5, 5.41) is 4.22. The second kappa shape index (κ2) is 5.79. The minimum absolute atomic E-state index is 0.365. The molecule has 0 amide bonds. The van der Waals surface area contributed by atoms with Crippen LogP contribution in [0.15, 0.2) is 23.6 Å². The van der Waals surface area contributed by atoms with Gasteiger partial charge in [0, 0.05) is 31.3 Å². The zero-order valence-corrected chi connectivity index (χ0v) is 11.8. The second-order valence-corrected chi connectivity index (χ2v) is 5.57. The average molecular weight is 278 g/mol. The van der Waals surface area contributed by atoms with Crippen LogP contribution in [0.3, 0.4) is 0 Å². The first-order valence-electron chi connectivity index (χ1n) is 6.69. The van der Waals surface area contributed by atoms with E-state index in [1.54, 1.807) is 11.8 Å². The minimum atomic E-state index is 0.365. The van der Waals surface area contributed by atoms with E-state index in [1.165, 1.54) is 6.42 Å². The van der Waals surface area contributed by atoms with Gasteiger partial charge >= 0.3 is 0 Å². The summed E-state index contributed by atoms with van der Waals surface area (Å²) in [6.45, 7) is 3.83. The van der Waals surface area contributed by atoms with Crippen molar-refractivity contribution in [3.63, 3.8) is 0 Å². The highest BCUT2D eigenvalue weighted by molar-refractivity contribution is 7.99. The summed E-state index contributed by atoms with van der Waals surface area (Å²) in [6, 6.07) is 0. The van der Waals surface area contributed by atoms with Gasteiger partial charge in [-0.15, -0.1) is 0 Å². The third-order valence-corrected chi connectivity index (χ3v) is 4.22. The molecule has 2 aromatic heterocycles. The lowest BCUT2D eigenvalue weighted by molar-refractivity contribution is 0.129. The summed E-state index contributed by atoms with van der Waals surface area (Å²) in [7, 11) is 0. The molecule has 1 aliphatic heterocycles. The Morgan fingerprint density at radius 1 is 1.58 bits per heavy atom. The number of thioether (sulfide) groups is 1. The molecule has 0 saturated carbocycles. The van der Waals surface area contributed by atoms with Crippen LogP contribution in [0.5, 0.6) is 0 Å². The molecule has 0 aliphatic carbocycles. The zero-order valence-electron chi connectivity index (χ0n) is 11.0. The Balaban J connectivity index is 1.80. The van der Waals surface area contributed by atoms with Gasteiger partial charge in [0.25, 0.3) is 0 Å². The van der Waals surface area contributed by atoms with Crippen LogP contribution in [0.25, 0.3) is 5.65 Å². The largest absolute Gasteiger partial charge is 0.377 e. The molecule has 3 rings (SSSR count). The zero-order chi connectivity index (χ0) is 13.1. The lowest BCUT2D eigenvalue weighted by atomic mass is 10.3. The van der Waals surface area contributed by atoms with Crippen molar-refractivity contribution in [3.8, 4) is 0 Å². The monoisotopic (exact) mass is 278 g/mol. The van der Waals surface area contributed by atoms with E-state index < -0.39 is 0 Å². The van der Waals surface area contributed by atoms with Crippen molar-refractivity contribution in [2.75, 3.05) is 24.2 Å². The lowest BCUT2D eigenvalue weighted by Gasteiger charge is -2.10. The summed E-state index contributed by atoms with van der Waals surface area (Å²) in [6.07, 6.45) is 8.43. The molecule has 6 heteroatoms. The van der Waals surface area contributed by atoms with E-state index in [0.717, 1.165) is 41.8 Å². The van der Waals surface area contributed by atoms with Crippen LogP contribution in [-0.4, -0.2) is 39.4 Å². The highest BCUT2D eigenvalue weighted by Gasteiger charge is 2.17. The van der Waals surface area contributed by atoms with E-state index in [9.17, 15) is 0 Å². The van der Waals surface area contributed by atoms with Gasteiger partial charge in [-0.3, -0.25) is 0 Å². The summed E-state index contributed by atoms with van der Waals surface area (Å²) < 4.78 is 7.67. The van der Waals surface area contributed by atoms with Crippen LogP contribution in [0, 0.1) is 0 Å². The van der Waals surface area contributed by atoms with Gasteiger partial charge in [-0.2, -0.15) is 0 Å². The van der Waals surface area contributed by atoms with Crippen LogP contribution < -0.4 is 5.32 Å². The third-order valence-electron chi connectivity index (χ3n) is 3.13. The summed E-state index contributed by atoms with van der Waals surface area (Å²) >= 11 is 1.73. The molecule has 0 spiro atoms. The van der Waals surface area contributed by atoms with Gasteiger partial charge in [0.2, 0.25) is 0 Å². The van der Waals surface area contributed by atoms with E-state index in [-0.39, 0.29) is 0 Å². The average Bonchev–Trinajstić information content (AvgIpc) is 3.07. The van der Waals surface area contributed by atoms with E-state index >= 15 is 0 Å². The number of nitrogens with zero attached hydrogens (tertiary/aromatic N) is 3. The van der Waals surface area contributed by atoms with Gasteiger partial charge in [-0.1, -0.05) is 11.8 Å². The Kier molecular flexibility index (Phi) is 3.89. The van der Waals surface area contributed by atoms with Crippen LogP contribution in [0.1, 0.15) is 19.8 Å². The number of aromatic nitrogens is 3. The molecular formula is C13H18N4OS. The molecule has 3 heterocycles. The molecule has 1 saturated heterocycles. The quantitative estimate of drug-likeness (QED) is 0.851. The topological polar surface area (TPSA) is 51.5 Å². The van der Waals surface area contributed by atoms with Crippen molar-refractivity contribution in [2.45, 2.75) is 30.9 Å². The SMILES string of the molecule is CCNc1cn2ccnc2c(SCC2CCCO2)n1. The van der Waals surface area contributed by atoms with Gasteiger partial charge < -0.3 is 14.5 Å². The molecule has 0 aromatic carbocycles. The van der Waals surface area contributed by atoms with Crippen LogP contribution >= 0.6 is 11.8 Å². The maximum Gasteiger partial charge on any atom is 0.169 e. The molecule has 2 aromatic rings. The number of anilines is 1. The van der Waals surface area contributed by atoms with E-state index in [2.05, 4.69) is 22.2 Å². The lowest BCUT2D eigenvalue weighted by Crippen LogP contribution is -2.09. The first kappa shape index (κ1) is 12.7. The summed E-state index contributed by atoms with van der Waals surface area (Å²) in [4.78, 5) is 9.01. The number of rotatable bonds is 5. The minimum Gasteiger partial charge on any atom is -0.377 e. The third kappa shape index (κ3) is 2.84. The Morgan fingerprint density at radius 3 is 3.32 bits per heavy atom. The van der Waals surface area contributed by atoms with Gasteiger partial charge in [-0.25, -0.2) is 9.97 Å². The van der Waals surface area contributed by atoms with Gasteiger partial charge in [0.05, 0.1) is 12.3 Å². The smallest absolute Gasteiger partial charge is 0.169 e. The van der Waals surface area contributed by atoms with Crippen molar-refractivity contribution >= 4 is 23.2 Å². The highest BCUT2D eigenvalue weighted by atomic mass is 32.2. The number of hydrogen-bond donors (Lipinski definition) is 1. The first-order valence-corrected chi connectivity index (χ1v) is 7.67. The fraction of sp³-hybridized carbons (Fsp3) is 0.538. The van der Waals surface area contributed by atoms with E-state index in [4.69, 9.17) is 4.74 Å². The van der Waals surface area contributed by atoms with Crippen molar-refractivity contribution in [3.05, 3.63) is 18.6 Å². The Morgan fingerprint density at radius 2 is 2.53 bits per heavy atom. The summed E-state index contributed by atoms with van der Waals surface area (Å²) in [5.41, 5.74) is 0.921. The van der Waals surface area contributed by atoms with Gasteiger partial charge in [0.1, 0.15) is 10.8 Å². The number of hydrogen-bond acceptors (Lipinski definition) is 5. The van der Waals surface area contributed by atoms with Crippen molar-refractivity contribution < 1.29 is 4.74 Å². The molecule has 19 heavy (non-hydrogen) atoms. The Bertz CT molecular complexity index is 551. The highest BCUT2D eigenvalue weighted by Crippen LogP contribution is 2.26. The van der Waals surface area contributed by atoms with Crippen molar-refractivity contribution in [2.24, 2.45) is 0 Å². The van der Waals surface area contributed by atoms with E-state index in [0.29, 0.717) is 6.10 Å². The molecule has 5 nitrogen and oxygen atoms in total. The molecule has 0 radical (unpaired) electrons. The standard InChI is InChI=1S/C13H18N4OS/c1-2-14-11-8-17-6-5-15-12(17)13(16-11)19-9-10-4-3-7-18-10/h5-6,8,10,14H,2-4,7,9H2,1H3. The number of nitrogens with one attached hydrogen (secondary N) is 1.